The summed E-state index contributed by atoms with van der Waals surface area (Å²) in [4.78, 5) is 13.9. The van der Waals surface area contributed by atoms with Crippen LogP contribution in [0.25, 0.3) is 0 Å². The largest absolute Gasteiger partial charge is 0.495 e. The Kier molecular flexibility index (Phi) is 5.47. The lowest BCUT2D eigenvalue weighted by Crippen LogP contribution is -2.41. The molecule has 1 saturated heterocycles. The number of benzene rings is 2. The maximum atomic E-state index is 13.3. The molecule has 2 aliphatic rings. The third-order valence-corrected chi connectivity index (χ3v) is 7.22. The molecule has 166 valence electrons. The first-order valence-corrected chi connectivity index (χ1v) is 11.9. The highest BCUT2D eigenvalue weighted by molar-refractivity contribution is 7.89. The molecule has 2 aromatic rings. The van der Waals surface area contributed by atoms with E-state index in [4.69, 9.17) is 9.47 Å². The molecular formula is C23H28N2O5S. The van der Waals surface area contributed by atoms with Crippen molar-refractivity contribution >= 4 is 21.6 Å². The monoisotopic (exact) mass is 444 g/mol. The zero-order valence-electron chi connectivity index (χ0n) is 18.3. The van der Waals surface area contributed by atoms with Gasteiger partial charge in [-0.25, -0.2) is 13.1 Å². The third-order valence-electron chi connectivity index (χ3n) is 5.75. The van der Waals surface area contributed by atoms with E-state index in [2.05, 4.69) is 4.72 Å². The van der Waals surface area contributed by atoms with Gasteiger partial charge in [-0.1, -0.05) is 12.1 Å². The molecule has 2 aromatic carbocycles. The van der Waals surface area contributed by atoms with Crippen molar-refractivity contribution in [3.8, 4) is 11.5 Å². The first-order chi connectivity index (χ1) is 14.6. The molecule has 4 rings (SSSR count). The van der Waals surface area contributed by atoms with Crippen molar-refractivity contribution in [1.82, 2.24) is 4.72 Å². The fourth-order valence-corrected chi connectivity index (χ4v) is 5.50. The standard InChI is InChI=1S/C23H28N2O5S/c1-15-7-9-17-18(14-23(2,3)30-21(17)12-15)24-31(27,28)16-8-10-20(29-4)19(13-16)25-11-5-6-22(25)26/h7-10,12-13,18,24H,5-6,11,14H2,1-4H3/t18-/m1/s1. The van der Waals surface area contributed by atoms with Crippen LogP contribution in [0.2, 0.25) is 0 Å². The summed E-state index contributed by atoms with van der Waals surface area (Å²) in [5.74, 6) is 1.14. The topological polar surface area (TPSA) is 84.9 Å². The van der Waals surface area contributed by atoms with E-state index in [1.165, 1.54) is 19.2 Å². The van der Waals surface area contributed by atoms with Crippen molar-refractivity contribution in [2.45, 2.75) is 56.6 Å². The minimum atomic E-state index is -3.86. The molecule has 7 nitrogen and oxygen atoms in total. The average Bonchev–Trinajstić information content (AvgIpc) is 3.11. The molecule has 0 saturated carbocycles. The maximum Gasteiger partial charge on any atom is 0.241 e. The Bertz CT molecular complexity index is 1130. The smallest absolute Gasteiger partial charge is 0.241 e. The number of fused-ring (bicyclic) bond motifs is 1. The molecule has 1 N–H and O–H groups in total. The molecule has 0 radical (unpaired) electrons. The Balaban J connectivity index is 1.69. The Hall–Kier alpha value is -2.58. The lowest BCUT2D eigenvalue weighted by atomic mass is 9.90. The number of ether oxygens (including phenoxy) is 2. The Morgan fingerprint density at radius 1 is 1.19 bits per heavy atom. The minimum Gasteiger partial charge on any atom is -0.495 e. The van der Waals surface area contributed by atoms with Gasteiger partial charge >= 0.3 is 0 Å². The second-order valence-corrected chi connectivity index (χ2v) is 10.5. The summed E-state index contributed by atoms with van der Waals surface area (Å²) in [7, 11) is -2.35. The predicted molar refractivity (Wildman–Crippen MR) is 118 cm³/mol. The molecule has 0 aliphatic carbocycles. The van der Waals surface area contributed by atoms with E-state index in [1.54, 1.807) is 11.0 Å². The van der Waals surface area contributed by atoms with Crippen LogP contribution in [-0.4, -0.2) is 33.6 Å². The molecule has 0 spiro atoms. The SMILES string of the molecule is COc1ccc(S(=O)(=O)N[C@@H]2CC(C)(C)Oc3cc(C)ccc32)cc1N1CCCC1=O. The number of rotatable bonds is 5. The molecule has 1 fully saturated rings. The Labute approximate surface area is 183 Å². The van der Waals surface area contributed by atoms with Gasteiger partial charge in [0.1, 0.15) is 17.1 Å². The minimum absolute atomic E-state index is 0.0312. The van der Waals surface area contributed by atoms with Gasteiger partial charge in [0, 0.05) is 24.9 Å². The zero-order chi connectivity index (χ0) is 22.4. The quantitative estimate of drug-likeness (QED) is 0.760. The van der Waals surface area contributed by atoms with E-state index in [0.717, 1.165) is 17.5 Å². The number of carbonyl (C=O) groups excluding carboxylic acids is 1. The van der Waals surface area contributed by atoms with Gasteiger partial charge in [0.15, 0.2) is 0 Å². The van der Waals surface area contributed by atoms with E-state index in [0.29, 0.717) is 36.6 Å². The molecule has 1 amide bonds. The number of nitrogens with zero attached hydrogens (tertiary/aromatic N) is 1. The van der Waals surface area contributed by atoms with Crippen LogP contribution in [0.4, 0.5) is 5.69 Å². The number of amides is 1. The molecule has 2 aliphatic heterocycles. The molecular weight excluding hydrogens is 416 g/mol. The summed E-state index contributed by atoms with van der Waals surface area (Å²) in [6.45, 7) is 6.42. The van der Waals surface area contributed by atoms with Crippen molar-refractivity contribution in [1.29, 1.82) is 0 Å². The number of sulfonamides is 1. The highest BCUT2D eigenvalue weighted by atomic mass is 32.2. The van der Waals surface area contributed by atoms with Crippen LogP contribution in [0.3, 0.4) is 0 Å². The highest BCUT2D eigenvalue weighted by Crippen LogP contribution is 2.41. The molecule has 1 atom stereocenters. The van der Waals surface area contributed by atoms with Gasteiger partial charge in [-0.3, -0.25) is 4.79 Å². The van der Waals surface area contributed by atoms with Crippen LogP contribution in [0, 0.1) is 6.92 Å². The molecule has 31 heavy (non-hydrogen) atoms. The van der Waals surface area contributed by atoms with Crippen LogP contribution < -0.4 is 19.1 Å². The number of aryl methyl sites for hydroxylation is 1. The number of carbonyl (C=O) groups is 1. The second-order valence-electron chi connectivity index (χ2n) is 8.76. The first-order valence-electron chi connectivity index (χ1n) is 10.4. The van der Waals surface area contributed by atoms with Crippen molar-refractivity contribution in [3.63, 3.8) is 0 Å². The summed E-state index contributed by atoms with van der Waals surface area (Å²) in [6.07, 6.45) is 1.69. The summed E-state index contributed by atoms with van der Waals surface area (Å²) in [5, 5.41) is 0. The van der Waals surface area contributed by atoms with Gasteiger partial charge in [0.25, 0.3) is 0 Å². The van der Waals surface area contributed by atoms with Crippen LogP contribution in [0.1, 0.15) is 50.3 Å². The van der Waals surface area contributed by atoms with Gasteiger partial charge in [-0.05, 0) is 57.0 Å². The van der Waals surface area contributed by atoms with Crippen LogP contribution in [0.5, 0.6) is 11.5 Å². The summed E-state index contributed by atoms with van der Waals surface area (Å²) >= 11 is 0. The van der Waals surface area contributed by atoms with Gasteiger partial charge in [-0.15, -0.1) is 0 Å². The van der Waals surface area contributed by atoms with Crippen LogP contribution >= 0.6 is 0 Å². The molecule has 0 aromatic heterocycles. The summed E-state index contributed by atoms with van der Waals surface area (Å²) in [6, 6.07) is 9.99. The fraction of sp³-hybridized carbons (Fsp3) is 0.435. The maximum absolute atomic E-state index is 13.3. The number of nitrogens with one attached hydrogen (secondary N) is 1. The fourth-order valence-electron chi connectivity index (χ4n) is 4.27. The Morgan fingerprint density at radius 3 is 2.65 bits per heavy atom. The predicted octanol–water partition coefficient (Wildman–Crippen LogP) is 3.71. The van der Waals surface area contributed by atoms with Gasteiger partial charge in [0.2, 0.25) is 15.9 Å². The number of hydrogen-bond donors (Lipinski definition) is 1. The van der Waals surface area contributed by atoms with E-state index in [1.807, 2.05) is 39.0 Å². The van der Waals surface area contributed by atoms with Gasteiger partial charge in [0.05, 0.1) is 23.7 Å². The van der Waals surface area contributed by atoms with Gasteiger partial charge in [-0.2, -0.15) is 0 Å². The van der Waals surface area contributed by atoms with Crippen LogP contribution in [-0.2, 0) is 14.8 Å². The van der Waals surface area contributed by atoms with Crippen molar-refractivity contribution in [2.75, 3.05) is 18.6 Å². The van der Waals surface area contributed by atoms with E-state index in [9.17, 15) is 13.2 Å². The van der Waals surface area contributed by atoms with Crippen molar-refractivity contribution in [3.05, 3.63) is 47.5 Å². The normalized spacial score (nSPS) is 20.3. The first kappa shape index (κ1) is 21.6. The molecule has 0 bridgehead atoms. The lowest BCUT2D eigenvalue weighted by molar-refractivity contribution is -0.117. The summed E-state index contributed by atoms with van der Waals surface area (Å²) in [5.41, 5.74) is 1.84. The summed E-state index contributed by atoms with van der Waals surface area (Å²) < 4.78 is 41.0. The van der Waals surface area contributed by atoms with E-state index in [-0.39, 0.29) is 10.8 Å². The van der Waals surface area contributed by atoms with E-state index >= 15 is 0 Å². The van der Waals surface area contributed by atoms with E-state index < -0.39 is 21.7 Å². The molecule has 0 unspecified atom stereocenters. The Morgan fingerprint density at radius 2 is 1.97 bits per heavy atom. The number of methoxy groups -OCH3 is 1. The van der Waals surface area contributed by atoms with Crippen molar-refractivity contribution < 1.29 is 22.7 Å². The molecule has 8 heteroatoms. The number of hydrogen-bond acceptors (Lipinski definition) is 5. The van der Waals surface area contributed by atoms with Gasteiger partial charge < -0.3 is 14.4 Å². The molecule has 2 heterocycles. The zero-order valence-corrected chi connectivity index (χ0v) is 19.1. The average molecular weight is 445 g/mol. The van der Waals surface area contributed by atoms with Crippen LogP contribution in [0.15, 0.2) is 41.3 Å². The number of anilines is 1. The lowest BCUT2D eigenvalue weighted by Gasteiger charge is -2.38. The highest BCUT2D eigenvalue weighted by Gasteiger charge is 2.36. The third kappa shape index (κ3) is 4.27. The van der Waals surface area contributed by atoms with Crippen molar-refractivity contribution in [2.24, 2.45) is 0 Å². The second kappa shape index (κ2) is 7.84.